The summed E-state index contributed by atoms with van der Waals surface area (Å²) < 4.78 is 32.5. The van der Waals surface area contributed by atoms with Crippen molar-refractivity contribution in [3.05, 3.63) is 29.3 Å². The topological polar surface area (TPSA) is 113 Å². The van der Waals surface area contributed by atoms with Gasteiger partial charge in [-0.15, -0.1) is 0 Å². The van der Waals surface area contributed by atoms with Crippen molar-refractivity contribution in [2.24, 2.45) is 5.73 Å². The molecule has 1 aliphatic heterocycles. The van der Waals surface area contributed by atoms with E-state index in [-0.39, 0.29) is 32.1 Å². The molecule has 2 amide bonds. The van der Waals surface area contributed by atoms with Crippen molar-refractivity contribution in [2.45, 2.75) is 24.2 Å². The van der Waals surface area contributed by atoms with E-state index in [9.17, 15) is 18.0 Å². The second kappa shape index (κ2) is 9.86. The fourth-order valence-corrected chi connectivity index (χ4v) is 5.46. The number of fused-ring (bicyclic) bond motifs is 1. The van der Waals surface area contributed by atoms with Crippen molar-refractivity contribution in [3.8, 4) is 0 Å². The van der Waals surface area contributed by atoms with Crippen LogP contribution in [0.4, 0.5) is 0 Å². The Kier molecular flexibility index (Phi) is 7.45. The Balaban J connectivity index is 1.58. The molecule has 2 N–H and O–H groups in total. The lowest BCUT2D eigenvalue weighted by Crippen LogP contribution is -2.53. The first-order valence-corrected chi connectivity index (χ1v) is 11.6. The normalized spacial score (nSPS) is 17.3. The number of benzene rings is 1. The van der Waals surface area contributed by atoms with Crippen molar-refractivity contribution in [1.82, 2.24) is 14.1 Å². The Morgan fingerprint density at radius 1 is 1.10 bits per heavy atom. The summed E-state index contributed by atoms with van der Waals surface area (Å²) in [7, 11) is -2.03. The standard InChI is InChI=1S/C20H30N4O5S/c1-29-12-11-22(14-19(21)25)15-20(26)23-7-9-24(10-8-23)30(27,28)18-6-5-16-3-2-4-17(16)13-18/h5-6,13H,2-4,7-12,14-15H2,1H3,(H2,21,25). The average Bonchev–Trinajstić information content (AvgIpc) is 3.19. The number of hydrogen-bond donors (Lipinski definition) is 1. The van der Waals surface area contributed by atoms with Gasteiger partial charge in [-0.05, 0) is 42.5 Å². The molecule has 0 unspecified atom stereocenters. The lowest BCUT2D eigenvalue weighted by atomic mass is 10.1. The van der Waals surface area contributed by atoms with Crippen LogP contribution >= 0.6 is 0 Å². The van der Waals surface area contributed by atoms with Gasteiger partial charge in [0, 0.05) is 39.8 Å². The zero-order valence-corrected chi connectivity index (χ0v) is 18.2. The summed E-state index contributed by atoms with van der Waals surface area (Å²) in [6.07, 6.45) is 3.00. The summed E-state index contributed by atoms with van der Waals surface area (Å²) in [5.41, 5.74) is 7.61. The van der Waals surface area contributed by atoms with Gasteiger partial charge in [-0.2, -0.15) is 4.31 Å². The Bertz CT molecular complexity index is 881. The minimum atomic E-state index is -3.58. The van der Waals surface area contributed by atoms with E-state index in [1.807, 2.05) is 6.07 Å². The minimum absolute atomic E-state index is 0.0260. The van der Waals surface area contributed by atoms with Gasteiger partial charge in [0.1, 0.15) is 0 Å². The van der Waals surface area contributed by atoms with Crippen LogP contribution in [0.15, 0.2) is 23.1 Å². The Labute approximate surface area is 177 Å². The molecule has 1 saturated heterocycles. The quantitative estimate of drug-likeness (QED) is 0.553. The van der Waals surface area contributed by atoms with Crippen LogP contribution in [-0.4, -0.2) is 93.9 Å². The van der Waals surface area contributed by atoms with E-state index >= 15 is 0 Å². The van der Waals surface area contributed by atoms with Gasteiger partial charge in [0.15, 0.2) is 0 Å². The molecule has 30 heavy (non-hydrogen) atoms. The number of piperazine rings is 1. The second-order valence-corrected chi connectivity index (χ2v) is 9.68. The Morgan fingerprint density at radius 2 is 1.80 bits per heavy atom. The molecule has 0 atom stereocenters. The predicted octanol–water partition coefficient (Wildman–Crippen LogP) is -0.558. The van der Waals surface area contributed by atoms with Crippen molar-refractivity contribution in [3.63, 3.8) is 0 Å². The third-order valence-corrected chi connectivity index (χ3v) is 7.54. The molecule has 0 saturated carbocycles. The molecule has 0 aromatic heterocycles. The average molecular weight is 439 g/mol. The van der Waals surface area contributed by atoms with Gasteiger partial charge in [-0.3, -0.25) is 14.5 Å². The van der Waals surface area contributed by atoms with Crippen LogP contribution in [0.1, 0.15) is 17.5 Å². The Morgan fingerprint density at radius 3 is 2.47 bits per heavy atom. The van der Waals surface area contributed by atoms with Crippen LogP contribution in [0.2, 0.25) is 0 Å². The molecule has 10 heteroatoms. The van der Waals surface area contributed by atoms with E-state index in [1.54, 1.807) is 29.0 Å². The number of rotatable bonds is 9. The van der Waals surface area contributed by atoms with Gasteiger partial charge in [-0.25, -0.2) is 8.42 Å². The van der Waals surface area contributed by atoms with Gasteiger partial charge in [-0.1, -0.05) is 6.07 Å². The largest absolute Gasteiger partial charge is 0.383 e. The van der Waals surface area contributed by atoms with Crippen LogP contribution in [-0.2, 0) is 37.2 Å². The van der Waals surface area contributed by atoms with Crippen LogP contribution < -0.4 is 5.73 Å². The molecule has 9 nitrogen and oxygen atoms in total. The number of sulfonamides is 1. The van der Waals surface area contributed by atoms with Gasteiger partial charge in [0.2, 0.25) is 21.8 Å². The van der Waals surface area contributed by atoms with E-state index in [1.165, 1.54) is 9.87 Å². The summed E-state index contributed by atoms with van der Waals surface area (Å²) >= 11 is 0. The van der Waals surface area contributed by atoms with Crippen molar-refractivity contribution in [1.29, 1.82) is 0 Å². The highest BCUT2D eigenvalue weighted by molar-refractivity contribution is 7.89. The molecule has 0 bridgehead atoms. The minimum Gasteiger partial charge on any atom is -0.383 e. The molecule has 2 aliphatic rings. The van der Waals surface area contributed by atoms with Crippen LogP contribution in [0, 0.1) is 0 Å². The lowest BCUT2D eigenvalue weighted by molar-refractivity contribution is -0.134. The van der Waals surface area contributed by atoms with Crippen molar-refractivity contribution < 1.29 is 22.7 Å². The molecule has 166 valence electrons. The van der Waals surface area contributed by atoms with Crippen molar-refractivity contribution in [2.75, 3.05) is 59.5 Å². The maximum atomic E-state index is 13.0. The molecular weight excluding hydrogens is 408 g/mol. The molecule has 0 radical (unpaired) electrons. The SMILES string of the molecule is COCCN(CC(N)=O)CC(=O)N1CCN(S(=O)(=O)c2ccc3c(c2)CCC3)CC1. The fourth-order valence-electron chi connectivity index (χ4n) is 3.98. The third-order valence-electron chi connectivity index (χ3n) is 5.65. The van der Waals surface area contributed by atoms with E-state index in [0.717, 1.165) is 24.8 Å². The monoisotopic (exact) mass is 438 g/mol. The smallest absolute Gasteiger partial charge is 0.243 e. The first-order valence-electron chi connectivity index (χ1n) is 10.2. The first-order chi connectivity index (χ1) is 14.3. The number of nitrogens with two attached hydrogens (primary N) is 1. The number of carbonyl (C=O) groups is 2. The van der Waals surface area contributed by atoms with Crippen LogP contribution in [0.5, 0.6) is 0 Å². The molecule has 1 heterocycles. The zero-order chi connectivity index (χ0) is 21.7. The molecule has 0 spiro atoms. The van der Waals surface area contributed by atoms with Crippen molar-refractivity contribution >= 4 is 21.8 Å². The highest BCUT2D eigenvalue weighted by Gasteiger charge is 2.31. The van der Waals surface area contributed by atoms with Gasteiger partial charge < -0.3 is 15.4 Å². The number of nitrogens with zero attached hydrogens (tertiary/aromatic N) is 3. The van der Waals surface area contributed by atoms with Gasteiger partial charge in [0.05, 0.1) is 24.6 Å². The van der Waals surface area contributed by atoms with Gasteiger partial charge in [0.25, 0.3) is 0 Å². The summed E-state index contributed by atoms with van der Waals surface area (Å²) in [6.45, 7) is 1.95. The number of methoxy groups -OCH3 is 1. The summed E-state index contributed by atoms with van der Waals surface area (Å²) in [5, 5.41) is 0. The molecular formula is C20H30N4O5S. The van der Waals surface area contributed by atoms with Crippen LogP contribution in [0.3, 0.4) is 0 Å². The van der Waals surface area contributed by atoms with E-state index < -0.39 is 15.9 Å². The number of hydrogen-bond acceptors (Lipinski definition) is 6. The Hall–Kier alpha value is -2.01. The third kappa shape index (κ3) is 5.37. The molecule has 1 fully saturated rings. The van der Waals surface area contributed by atoms with E-state index in [4.69, 9.17) is 10.5 Å². The number of aryl methyl sites for hydroxylation is 2. The number of primary amides is 1. The highest BCUT2D eigenvalue weighted by atomic mass is 32.2. The molecule has 1 aromatic carbocycles. The predicted molar refractivity (Wildman–Crippen MR) is 111 cm³/mol. The molecule has 1 aliphatic carbocycles. The van der Waals surface area contributed by atoms with E-state index in [2.05, 4.69) is 0 Å². The number of amides is 2. The summed E-state index contributed by atoms with van der Waals surface area (Å²) in [4.78, 5) is 27.5. The number of ether oxygens (including phenoxy) is 1. The molecule has 3 rings (SSSR count). The maximum Gasteiger partial charge on any atom is 0.243 e. The number of carbonyl (C=O) groups excluding carboxylic acids is 2. The summed E-state index contributed by atoms with van der Waals surface area (Å²) in [5.74, 6) is -0.661. The van der Waals surface area contributed by atoms with E-state index in [0.29, 0.717) is 31.1 Å². The fraction of sp³-hybridized carbons (Fsp3) is 0.600. The summed E-state index contributed by atoms with van der Waals surface area (Å²) in [6, 6.07) is 5.41. The molecule has 1 aromatic rings. The zero-order valence-electron chi connectivity index (χ0n) is 17.4. The van der Waals surface area contributed by atoms with Crippen LogP contribution in [0.25, 0.3) is 0 Å². The second-order valence-electron chi connectivity index (χ2n) is 7.74. The van der Waals surface area contributed by atoms with Gasteiger partial charge >= 0.3 is 0 Å². The first kappa shape index (κ1) is 22.7. The maximum absolute atomic E-state index is 13.0. The highest BCUT2D eigenvalue weighted by Crippen LogP contribution is 2.26. The lowest BCUT2D eigenvalue weighted by Gasteiger charge is -2.35.